The number of nitrogens with two attached hydrogens (primary N) is 3. The number of rotatable bonds is 8. The molecule has 144 valence electrons. The van der Waals surface area contributed by atoms with Crippen molar-refractivity contribution >= 4 is 29.7 Å². The first-order chi connectivity index (χ1) is 11.1. The molecule has 10 heteroatoms. The van der Waals surface area contributed by atoms with Gasteiger partial charge in [0.15, 0.2) is 0 Å². The number of carboxylic acid groups (broad SMARTS) is 1. The zero-order valence-electron chi connectivity index (χ0n) is 14.7. The quantitative estimate of drug-likeness (QED) is 0.267. The van der Waals surface area contributed by atoms with Gasteiger partial charge in [-0.2, -0.15) is 11.8 Å². The van der Waals surface area contributed by atoms with Crippen LogP contribution in [-0.2, 0) is 19.1 Å². The highest BCUT2D eigenvalue weighted by atomic mass is 32.2. The molecule has 0 saturated heterocycles. The molecule has 0 unspecified atom stereocenters. The van der Waals surface area contributed by atoms with E-state index < -0.39 is 30.0 Å². The Kier molecular flexibility index (Phi) is 20.9. The summed E-state index contributed by atoms with van der Waals surface area (Å²) in [5.41, 5.74) is 15.6. The SMILES string of the molecule is CC(C)C[C@H](N)C(=O)O.CO.CSCC[C@H](N)C(=O)OC(=O)CN. The minimum Gasteiger partial charge on any atom is -0.480 e. The molecule has 0 heterocycles. The number of ether oxygens (including phenoxy) is 1. The highest BCUT2D eigenvalue weighted by molar-refractivity contribution is 7.98. The number of esters is 2. The lowest BCUT2D eigenvalue weighted by molar-refractivity contribution is -0.159. The van der Waals surface area contributed by atoms with Crippen LogP contribution < -0.4 is 17.2 Å². The van der Waals surface area contributed by atoms with Gasteiger partial charge in [-0.25, -0.2) is 4.79 Å². The third kappa shape index (κ3) is 18.8. The van der Waals surface area contributed by atoms with Crippen molar-refractivity contribution in [1.29, 1.82) is 0 Å². The molecule has 0 aliphatic carbocycles. The summed E-state index contributed by atoms with van der Waals surface area (Å²) in [7, 11) is 1.00. The van der Waals surface area contributed by atoms with Gasteiger partial charge >= 0.3 is 17.9 Å². The van der Waals surface area contributed by atoms with E-state index in [9.17, 15) is 14.4 Å². The number of aliphatic carboxylic acids is 1. The first-order valence-electron chi connectivity index (χ1n) is 7.27. The summed E-state index contributed by atoms with van der Waals surface area (Å²) in [5.74, 6) is -1.25. The number of thioether (sulfide) groups is 1. The fourth-order valence-electron chi connectivity index (χ4n) is 1.20. The molecule has 0 spiro atoms. The Hall–Kier alpha value is -1.20. The first kappa shape index (κ1) is 27.6. The van der Waals surface area contributed by atoms with E-state index in [2.05, 4.69) is 4.74 Å². The molecule has 0 aromatic carbocycles. The number of carbonyl (C=O) groups excluding carboxylic acids is 2. The lowest BCUT2D eigenvalue weighted by atomic mass is 10.1. The zero-order chi connectivity index (χ0) is 19.7. The smallest absolute Gasteiger partial charge is 0.330 e. The van der Waals surface area contributed by atoms with Crippen LogP contribution in [0.2, 0.25) is 0 Å². The van der Waals surface area contributed by atoms with Gasteiger partial charge in [-0.15, -0.1) is 0 Å². The molecular weight excluding hydrogens is 338 g/mol. The Morgan fingerprint density at radius 1 is 1.12 bits per heavy atom. The van der Waals surface area contributed by atoms with E-state index in [0.29, 0.717) is 18.8 Å². The molecule has 24 heavy (non-hydrogen) atoms. The number of hydrogen-bond acceptors (Lipinski definition) is 9. The Morgan fingerprint density at radius 3 is 1.92 bits per heavy atom. The van der Waals surface area contributed by atoms with Crippen LogP contribution in [0.15, 0.2) is 0 Å². The number of aliphatic hydroxyl groups is 1. The molecule has 0 amide bonds. The first-order valence-corrected chi connectivity index (χ1v) is 8.67. The predicted molar refractivity (Wildman–Crippen MR) is 94.3 cm³/mol. The largest absolute Gasteiger partial charge is 0.480 e. The van der Waals surface area contributed by atoms with E-state index in [1.54, 1.807) is 11.8 Å². The molecule has 0 radical (unpaired) electrons. The summed E-state index contributed by atoms with van der Waals surface area (Å²) in [5, 5.41) is 15.3. The minimum absolute atomic E-state index is 0.305. The Labute approximate surface area is 147 Å². The lowest BCUT2D eigenvalue weighted by Crippen LogP contribution is -2.35. The van der Waals surface area contributed by atoms with E-state index in [1.807, 2.05) is 20.1 Å². The average Bonchev–Trinajstić information content (AvgIpc) is 2.54. The maximum atomic E-state index is 11.0. The molecule has 8 N–H and O–H groups in total. The molecule has 0 saturated carbocycles. The summed E-state index contributed by atoms with van der Waals surface area (Å²) in [6.07, 6.45) is 2.95. The number of hydrogen-bond donors (Lipinski definition) is 5. The van der Waals surface area contributed by atoms with Crippen LogP contribution in [0.5, 0.6) is 0 Å². The van der Waals surface area contributed by atoms with Crippen LogP contribution in [0.4, 0.5) is 0 Å². The van der Waals surface area contributed by atoms with Crippen molar-refractivity contribution in [2.75, 3.05) is 25.7 Å². The maximum Gasteiger partial charge on any atom is 0.330 e. The van der Waals surface area contributed by atoms with E-state index in [0.717, 1.165) is 12.9 Å². The maximum absolute atomic E-state index is 11.0. The topological polar surface area (TPSA) is 179 Å². The van der Waals surface area contributed by atoms with Crippen LogP contribution in [0.3, 0.4) is 0 Å². The average molecular weight is 369 g/mol. The fourth-order valence-corrected chi connectivity index (χ4v) is 1.69. The van der Waals surface area contributed by atoms with Gasteiger partial charge in [0.2, 0.25) is 0 Å². The molecule has 0 fully saturated rings. The summed E-state index contributed by atoms with van der Waals surface area (Å²) >= 11 is 1.57. The zero-order valence-corrected chi connectivity index (χ0v) is 15.5. The summed E-state index contributed by atoms with van der Waals surface area (Å²) < 4.78 is 4.32. The molecule has 0 bridgehead atoms. The van der Waals surface area contributed by atoms with Crippen molar-refractivity contribution in [1.82, 2.24) is 0 Å². The van der Waals surface area contributed by atoms with E-state index >= 15 is 0 Å². The van der Waals surface area contributed by atoms with Crippen LogP contribution in [-0.4, -0.2) is 65.9 Å². The predicted octanol–water partition coefficient (Wildman–Crippen LogP) is -0.852. The van der Waals surface area contributed by atoms with Gasteiger partial charge in [0.25, 0.3) is 0 Å². The summed E-state index contributed by atoms with van der Waals surface area (Å²) in [6, 6.07) is -1.42. The number of carbonyl (C=O) groups is 3. The molecule has 0 aliphatic heterocycles. The monoisotopic (exact) mass is 369 g/mol. The van der Waals surface area contributed by atoms with Crippen molar-refractivity contribution in [2.24, 2.45) is 23.1 Å². The second kappa shape index (κ2) is 18.1. The van der Waals surface area contributed by atoms with Gasteiger partial charge in [-0.05, 0) is 30.8 Å². The van der Waals surface area contributed by atoms with E-state index in [4.69, 9.17) is 27.4 Å². The lowest BCUT2D eigenvalue weighted by Gasteiger charge is -2.08. The van der Waals surface area contributed by atoms with Gasteiger partial charge in [-0.3, -0.25) is 9.59 Å². The Bertz CT molecular complexity index is 355. The third-order valence-corrected chi connectivity index (χ3v) is 3.00. The number of aliphatic hydroxyl groups excluding tert-OH is 1. The fraction of sp³-hybridized carbons (Fsp3) is 0.786. The van der Waals surface area contributed by atoms with Crippen LogP contribution in [0, 0.1) is 5.92 Å². The van der Waals surface area contributed by atoms with Crippen molar-refractivity contribution in [3.05, 3.63) is 0 Å². The van der Waals surface area contributed by atoms with Crippen LogP contribution in [0.1, 0.15) is 26.7 Å². The minimum atomic E-state index is -0.913. The molecule has 0 aliphatic rings. The van der Waals surface area contributed by atoms with Crippen LogP contribution in [0.25, 0.3) is 0 Å². The third-order valence-electron chi connectivity index (χ3n) is 2.36. The standard InChI is InChI=1S/C7H14N2O3S.C6H13NO2.CH4O/c1-13-3-2-5(9)7(11)12-6(10)4-8;1-4(2)3-5(7)6(8)9;1-2/h5H,2-4,8-9H2,1H3;4-5H,3,7H2,1-2H3,(H,8,9);2H,1H3/t2*5-;/m00./s1. The normalized spacial score (nSPS) is 12.0. The summed E-state index contributed by atoms with van der Waals surface area (Å²) in [6.45, 7) is 3.59. The van der Waals surface area contributed by atoms with Gasteiger partial charge in [0.05, 0.1) is 6.54 Å². The second-order valence-corrected chi connectivity index (χ2v) is 5.95. The molecule has 0 aromatic heterocycles. The second-order valence-electron chi connectivity index (χ2n) is 4.96. The van der Waals surface area contributed by atoms with Crippen molar-refractivity contribution in [3.63, 3.8) is 0 Å². The van der Waals surface area contributed by atoms with Gasteiger partial charge < -0.3 is 32.2 Å². The number of carboxylic acids is 1. The highest BCUT2D eigenvalue weighted by Crippen LogP contribution is 2.01. The molecule has 0 aromatic rings. The highest BCUT2D eigenvalue weighted by Gasteiger charge is 2.17. The Balaban J connectivity index is -0.000000351. The van der Waals surface area contributed by atoms with Crippen LogP contribution >= 0.6 is 11.8 Å². The van der Waals surface area contributed by atoms with Gasteiger partial charge in [0, 0.05) is 7.11 Å². The molecule has 9 nitrogen and oxygen atoms in total. The molecule has 2 atom stereocenters. The van der Waals surface area contributed by atoms with Crippen molar-refractivity contribution in [3.8, 4) is 0 Å². The van der Waals surface area contributed by atoms with Gasteiger partial charge in [0.1, 0.15) is 12.1 Å². The van der Waals surface area contributed by atoms with Gasteiger partial charge in [-0.1, -0.05) is 13.8 Å². The van der Waals surface area contributed by atoms with Crippen molar-refractivity contribution < 1.29 is 29.3 Å². The Morgan fingerprint density at radius 2 is 1.62 bits per heavy atom. The van der Waals surface area contributed by atoms with E-state index in [-0.39, 0.29) is 6.54 Å². The molecule has 0 rings (SSSR count). The summed E-state index contributed by atoms with van der Waals surface area (Å²) in [4.78, 5) is 31.7. The molecular formula is C14H31N3O6S. The van der Waals surface area contributed by atoms with E-state index in [1.165, 1.54) is 0 Å². The van der Waals surface area contributed by atoms with Crippen molar-refractivity contribution in [2.45, 2.75) is 38.8 Å².